The third kappa shape index (κ3) is 3.09. The number of aromatic carboxylic acids is 1. The van der Waals surface area contributed by atoms with Crippen LogP contribution in [0.15, 0.2) is 39.6 Å². The van der Waals surface area contributed by atoms with E-state index in [1.807, 2.05) is 0 Å². The summed E-state index contributed by atoms with van der Waals surface area (Å²) in [6.45, 7) is 0. The second kappa shape index (κ2) is 5.66. The van der Waals surface area contributed by atoms with Crippen LogP contribution in [-0.4, -0.2) is 27.2 Å². The monoisotopic (exact) mass is 337 g/mol. The molecule has 1 heterocycles. The number of hydrogen-bond donors (Lipinski definition) is 3. The Morgan fingerprint density at radius 3 is 2.60 bits per heavy atom. The Labute approximate surface area is 120 Å². The summed E-state index contributed by atoms with van der Waals surface area (Å²) in [6.07, 6.45) is 0. The number of carboxylic acids is 1. The van der Waals surface area contributed by atoms with Crippen LogP contribution in [0.25, 0.3) is 0 Å². The SMILES string of the molecule is O=C(O)c1ccc(Br)c(NC(=O)c2ccc(=O)[nH]n2)c1. The molecule has 1 aromatic heterocycles. The number of carbonyl (C=O) groups is 2. The quantitative estimate of drug-likeness (QED) is 0.785. The summed E-state index contributed by atoms with van der Waals surface area (Å²) in [5.74, 6) is -1.67. The average molecular weight is 338 g/mol. The molecule has 2 aromatic rings. The minimum Gasteiger partial charge on any atom is -0.478 e. The van der Waals surface area contributed by atoms with Gasteiger partial charge in [-0.15, -0.1) is 0 Å². The molecule has 102 valence electrons. The van der Waals surface area contributed by atoms with E-state index in [-0.39, 0.29) is 11.3 Å². The third-order valence-electron chi connectivity index (χ3n) is 2.37. The molecular weight excluding hydrogens is 330 g/mol. The van der Waals surface area contributed by atoms with Crippen LogP contribution in [0.2, 0.25) is 0 Å². The van der Waals surface area contributed by atoms with Gasteiger partial charge in [-0.3, -0.25) is 9.59 Å². The summed E-state index contributed by atoms with van der Waals surface area (Å²) < 4.78 is 0.528. The normalized spacial score (nSPS) is 10.1. The maximum absolute atomic E-state index is 11.9. The highest BCUT2D eigenvalue weighted by Gasteiger charge is 2.12. The number of carbonyl (C=O) groups excluding carboxylic acids is 1. The van der Waals surface area contributed by atoms with Crippen molar-refractivity contribution < 1.29 is 14.7 Å². The number of hydrogen-bond acceptors (Lipinski definition) is 4. The summed E-state index contributed by atoms with van der Waals surface area (Å²) in [6, 6.07) is 6.67. The summed E-state index contributed by atoms with van der Waals surface area (Å²) in [5, 5.41) is 17.1. The van der Waals surface area contributed by atoms with Crippen LogP contribution >= 0.6 is 15.9 Å². The molecule has 0 aliphatic rings. The van der Waals surface area contributed by atoms with Gasteiger partial charge in [0.25, 0.3) is 11.5 Å². The van der Waals surface area contributed by atoms with Crippen molar-refractivity contribution in [3.8, 4) is 0 Å². The number of nitrogens with one attached hydrogen (secondary N) is 2. The first-order chi connectivity index (χ1) is 9.47. The van der Waals surface area contributed by atoms with Crippen molar-refractivity contribution in [1.29, 1.82) is 0 Å². The lowest BCUT2D eigenvalue weighted by Crippen LogP contribution is -2.18. The first-order valence-corrected chi connectivity index (χ1v) is 6.16. The van der Waals surface area contributed by atoms with Gasteiger partial charge < -0.3 is 10.4 Å². The lowest BCUT2D eigenvalue weighted by atomic mass is 10.2. The first kappa shape index (κ1) is 13.9. The van der Waals surface area contributed by atoms with Gasteiger partial charge >= 0.3 is 5.97 Å². The molecule has 2 rings (SSSR count). The highest BCUT2D eigenvalue weighted by molar-refractivity contribution is 9.10. The molecule has 8 heteroatoms. The molecule has 1 aromatic carbocycles. The van der Waals surface area contributed by atoms with Gasteiger partial charge in [0.2, 0.25) is 0 Å². The second-order valence-electron chi connectivity index (χ2n) is 3.76. The van der Waals surface area contributed by atoms with Crippen LogP contribution in [0.1, 0.15) is 20.8 Å². The Kier molecular flexibility index (Phi) is 3.94. The van der Waals surface area contributed by atoms with Gasteiger partial charge in [0, 0.05) is 10.5 Å². The molecule has 0 saturated carbocycles. The molecule has 0 bridgehead atoms. The minimum absolute atomic E-state index is 0.0113. The Hall–Kier alpha value is -2.48. The van der Waals surface area contributed by atoms with E-state index >= 15 is 0 Å². The molecule has 0 aliphatic heterocycles. The number of carboxylic acid groups (broad SMARTS) is 1. The Morgan fingerprint density at radius 1 is 1.25 bits per heavy atom. The fraction of sp³-hybridized carbons (Fsp3) is 0. The second-order valence-corrected chi connectivity index (χ2v) is 4.61. The highest BCUT2D eigenvalue weighted by atomic mass is 79.9. The van der Waals surface area contributed by atoms with Gasteiger partial charge in [-0.25, -0.2) is 9.89 Å². The van der Waals surface area contributed by atoms with Gasteiger partial charge in [-0.05, 0) is 40.2 Å². The van der Waals surface area contributed by atoms with Crippen LogP contribution in [0.5, 0.6) is 0 Å². The van der Waals surface area contributed by atoms with Gasteiger partial charge in [-0.2, -0.15) is 5.10 Å². The highest BCUT2D eigenvalue weighted by Crippen LogP contribution is 2.24. The summed E-state index contributed by atoms with van der Waals surface area (Å²) in [7, 11) is 0. The minimum atomic E-state index is -1.10. The number of amides is 1. The van der Waals surface area contributed by atoms with Crippen molar-refractivity contribution in [2.75, 3.05) is 5.32 Å². The summed E-state index contributed by atoms with van der Waals surface area (Å²) >= 11 is 3.21. The largest absolute Gasteiger partial charge is 0.478 e. The fourth-order valence-corrected chi connectivity index (χ4v) is 1.76. The molecule has 0 aliphatic carbocycles. The molecule has 0 fully saturated rings. The van der Waals surface area contributed by atoms with Crippen LogP contribution < -0.4 is 10.9 Å². The zero-order valence-electron chi connectivity index (χ0n) is 9.88. The number of aromatic amines is 1. The van der Waals surface area contributed by atoms with E-state index in [1.165, 1.54) is 30.3 Å². The number of benzene rings is 1. The smallest absolute Gasteiger partial charge is 0.335 e. The van der Waals surface area contributed by atoms with Crippen molar-refractivity contribution in [3.63, 3.8) is 0 Å². The topological polar surface area (TPSA) is 112 Å². The van der Waals surface area contributed by atoms with E-state index in [4.69, 9.17) is 5.11 Å². The Bertz CT molecular complexity index is 721. The number of H-pyrrole nitrogens is 1. The van der Waals surface area contributed by atoms with Crippen LogP contribution in [0, 0.1) is 0 Å². The Morgan fingerprint density at radius 2 is 2.00 bits per heavy atom. The predicted octanol–water partition coefficient (Wildman–Crippen LogP) is 1.48. The number of nitrogens with zero attached hydrogens (tertiary/aromatic N) is 1. The maximum atomic E-state index is 11.9. The molecule has 0 spiro atoms. The lowest BCUT2D eigenvalue weighted by Gasteiger charge is -2.07. The number of anilines is 1. The van der Waals surface area contributed by atoms with E-state index in [9.17, 15) is 14.4 Å². The maximum Gasteiger partial charge on any atom is 0.335 e. The molecule has 0 unspecified atom stereocenters. The van der Waals surface area contributed by atoms with E-state index in [0.29, 0.717) is 10.2 Å². The summed E-state index contributed by atoms with van der Waals surface area (Å²) in [5.41, 5.74) is -0.0753. The molecule has 20 heavy (non-hydrogen) atoms. The van der Waals surface area contributed by atoms with E-state index in [0.717, 1.165) is 0 Å². The first-order valence-electron chi connectivity index (χ1n) is 5.37. The molecule has 0 saturated heterocycles. The van der Waals surface area contributed by atoms with Gasteiger partial charge in [0.15, 0.2) is 0 Å². The van der Waals surface area contributed by atoms with E-state index < -0.39 is 17.4 Å². The number of aromatic nitrogens is 2. The van der Waals surface area contributed by atoms with Crippen LogP contribution in [0.3, 0.4) is 0 Å². The lowest BCUT2D eigenvalue weighted by molar-refractivity contribution is 0.0696. The average Bonchev–Trinajstić information content (AvgIpc) is 2.41. The zero-order valence-corrected chi connectivity index (χ0v) is 11.5. The Balaban J connectivity index is 2.27. The molecule has 0 atom stereocenters. The van der Waals surface area contributed by atoms with Gasteiger partial charge in [0.05, 0.1) is 11.3 Å². The number of rotatable bonds is 3. The van der Waals surface area contributed by atoms with Gasteiger partial charge in [-0.1, -0.05) is 0 Å². The third-order valence-corrected chi connectivity index (χ3v) is 3.06. The molecule has 7 nitrogen and oxygen atoms in total. The summed E-state index contributed by atoms with van der Waals surface area (Å²) in [4.78, 5) is 33.6. The molecule has 1 amide bonds. The molecular formula is C12H8BrN3O4. The van der Waals surface area contributed by atoms with Crippen molar-refractivity contribution in [2.24, 2.45) is 0 Å². The fourth-order valence-electron chi connectivity index (χ4n) is 1.41. The van der Waals surface area contributed by atoms with Crippen molar-refractivity contribution in [3.05, 3.63) is 56.4 Å². The standard InChI is InChI=1S/C12H8BrN3O4/c13-7-2-1-6(12(19)20)5-9(7)14-11(18)8-3-4-10(17)16-15-8/h1-5H,(H,14,18)(H,16,17)(H,19,20). The van der Waals surface area contributed by atoms with Crippen LogP contribution in [-0.2, 0) is 0 Å². The van der Waals surface area contributed by atoms with Gasteiger partial charge in [0.1, 0.15) is 5.69 Å². The van der Waals surface area contributed by atoms with E-state index in [2.05, 4.69) is 31.4 Å². The van der Waals surface area contributed by atoms with Crippen molar-refractivity contribution in [1.82, 2.24) is 10.2 Å². The number of halogens is 1. The van der Waals surface area contributed by atoms with E-state index in [1.54, 1.807) is 0 Å². The molecule has 0 radical (unpaired) electrons. The molecule has 3 N–H and O–H groups in total. The van der Waals surface area contributed by atoms with Crippen LogP contribution in [0.4, 0.5) is 5.69 Å². The predicted molar refractivity (Wildman–Crippen MR) is 73.9 cm³/mol. The van der Waals surface area contributed by atoms with Crippen molar-refractivity contribution in [2.45, 2.75) is 0 Å². The van der Waals surface area contributed by atoms with Crippen molar-refractivity contribution >= 4 is 33.5 Å². The zero-order chi connectivity index (χ0) is 14.7.